The Morgan fingerprint density at radius 3 is 2.67 bits per heavy atom. The van der Waals surface area contributed by atoms with Gasteiger partial charge in [-0.1, -0.05) is 25.0 Å². The molecule has 2 aromatic rings. The zero-order valence-electron chi connectivity index (χ0n) is 13.6. The summed E-state index contributed by atoms with van der Waals surface area (Å²) in [4.78, 5) is 25.8. The van der Waals surface area contributed by atoms with Crippen molar-refractivity contribution in [2.24, 2.45) is 5.73 Å². The molecule has 0 fully saturated rings. The van der Waals surface area contributed by atoms with E-state index in [2.05, 4.69) is 11.4 Å². The lowest BCUT2D eigenvalue weighted by atomic mass is 10.00. The van der Waals surface area contributed by atoms with Crippen molar-refractivity contribution in [3.8, 4) is 0 Å². The topological polar surface area (TPSA) is 72.2 Å². The lowest BCUT2D eigenvalue weighted by Gasteiger charge is -2.07. The first-order valence-electron chi connectivity index (χ1n) is 8.42. The second-order valence-electron chi connectivity index (χ2n) is 6.22. The Kier molecular flexibility index (Phi) is 5.30. The van der Waals surface area contributed by atoms with Gasteiger partial charge in [-0.05, 0) is 55.0 Å². The summed E-state index contributed by atoms with van der Waals surface area (Å²) in [6.45, 7) is 0.391. The minimum absolute atomic E-state index is 0.0452. The molecule has 1 aliphatic carbocycles. The van der Waals surface area contributed by atoms with Crippen molar-refractivity contribution in [1.82, 2.24) is 5.32 Å². The van der Waals surface area contributed by atoms with Gasteiger partial charge in [0.25, 0.3) is 5.91 Å². The second kappa shape index (κ2) is 7.62. The number of hydrogen-bond acceptors (Lipinski definition) is 3. The van der Waals surface area contributed by atoms with Gasteiger partial charge in [0.2, 0.25) is 5.91 Å². The van der Waals surface area contributed by atoms with Crippen LogP contribution in [0.15, 0.2) is 30.3 Å². The molecule has 2 amide bonds. The van der Waals surface area contributed by atoms with Crippen LogP contribution in [0.2, 0.25) is 0 Å². The van der Waals surface area contributed by atoms with Gasteiger partial charge in [0.1, 0.15) is 0 Å². The number of carbonyl (C=O) groups is 2. The van der Waals surface area contributed by atoms with Crippen LogP contribution in [-0.4, -0.2) is 11.8 Å². The van der Waals surface area contributed by atoms with Crippen LogP contribution < -0.4 is 11.1 Å². The number of thiophene rings is 1. The Balaban J connectivity index is 1.66. The number of hydrogen-bond donors (Lipinski definition) is 2. The van der Waals surface area contributed by atoms with Gasteiger partial charge in [-0.25, -0.2) is 0 Å². The quantitative estimate of drug-likeness (QED) is 0.893. The summed E-state index contributed by atoms with van der Waals surface area (Å²) in [6.07, 6.45) is 7.18. The monoisotopic (exact) mass is 342 g/mol. The molecule has 126 valence electrons. The fraction of sp³-hybridized carbons (Fsp3) is 0.368. The maximum atomic E-state index is 12.4. The standard InChI is InChI=1S/C19H22N2O2S/c20-18(22)15-8-5-6-13(10-15)12-21-19(23)17-11-14-7-3-1-2-4-9-16(14)24-17/h5-6,8,10-11H,1-4,7,9,12H2,(H2,20,22)(H,21,23). The van der Waals surface area contributed by atoms with E-state index >= 15 is 0 Å². The molecule has 3 N–H and O–H groups in total. The van der Waals surface area contributed by atoms with Gasteiger partial charge >= 0.3 is 0 Å². The Labute approximate surface area is 146 Å². The third-order valence-corrected chi connectivity index (χ3v) is 5.62. The lowest BCUT2D eigenvalue weighted by molar-refractivity contribution is 0.0954. The minimum Gasteiger partial charge on any atom is -0.366 e. The van der Waals surface area contributed by atoms with Gasteiger partial charge in [0, 0.05) is 17.0 Å². The van der Waals surface area contributed by atoms with Crippen LogP contribution in [0.4, 0.5) is 0 Å². The number of carbonyl (C=O) groups excluding carboxylic acids is 2. The molecule has 0 bridgehead atoms. The molecule has 0 atom stereocenters. The highest BCUT2D eigenvalue weighted by Gasteiger charge is 2.15. The molecular formula is C19H22N2O2S. The van der Waals surface area contributed by atoms with Gasteiger partial charge in [-0.15, -0.1) is 11.3 Å². The van der Waals surface area contributed by atoms with Crippen molar-refractivity contribution in [1.29, 1.82) is 0 Å². The smallest absolute Gasteiger partial charge is 0.261 e. The average molecular weight is 342 g/mol. The molecule has 0 unspecified atom stereocenters. The largest absolute Gasteiger partial charge is 0.366 e. The van der Waals surface area contributed by atoms with E-state index in [-0.39, 0.29) is 5.91 Å². The molecule has 4 nitrogen and oxygen atoms in total. The normalized spacial score (nSPS) is 14.3. The number of rotatable bonds is 4. The molecule has 5 heteroatoms. The summed E-state index contributed by atoms with van der Waals surface area (Å²) in [7, 11) is 0. The maximum Gasteiger partial charge on any atom is 0.261 e. The Bertz CT molecular complexity index is 726. The highest BCUT2D eigenvalue weighted by molar-refractivity contribution is 7.14. The van der Waals surface area contributed by atoms with Crippen molar-refractivity contribution in [2.45, 2.75) is 45.1 Å². The summed E-state index contributed by atoms with van der Waals surface area (Å²) < 4.78 is 0. The second-order valence-corrected chi connectivity index (χ2v) is 7.36. The van der Waals surface area contributed by atoms with E-state index in [1.165, 1.54) is 36.1 Å². The van der Waals surface area contributed by atoms with Gasteiger partial charge in [0.05, 0.1) is 4.88 Å². The summed E-state index contributed by atoms with van der Waals surface area (Å²) in [5.74, 6) is -0.502. The van der Waals surface area contributed by atoms with E-state index in [0.29, 0.717) is 12.1 Å². The summed E-state index contributed by atoms with van der Waals surface area (Å²) in [6, 6.07) is 9.10. The molecule has 1 heterocycles. The van der Waals surface area contributed by atoms with Gasteiger partial charge in [-0.3, -0.25) is 9.59 Å². The van der Waals surface area contributed by atoms with E-state index < -0.39 is 5.91 Å². The van der Waals surface area contributed by atoms with Gasteiger partial charge in [-0.2, -0.15) is 0 Å². The predicted molar refractivity (Wildman–Crippen MR) is 96.3 cm³/mol. The third-order valence-electron chi connectivity index (χ3n) is 4.38. The van der Waals surface area contributed by atoms with Crippen LogP contribution in [0.1, 0.15) is 61.7 Å². The fourth-order valence-electron chi connectivity index (χ4n) is 3.06. The number of nitrogens with two attached hydrogens (primary N) is 1. The van der Waals surface area contributed by atoms with Crippen LogP contribution >= 0.6 is 11.3 Å². The predicted octanol–water partition coefficient (Wildman–Crippen LogP) is 3.44. The summed E-state index contributed by atoms with van der Waals surface area (Å²) in [5, 5.41) is 2.94. The first-order valence-corrected chi connectivity index (χ1v) is 9.23. The fourth-order valence-corrected chi connectivity index (χ4v) is 4.23. The zero-order chi connectivity index (χ0) is 16.9. The van der Waals surface area contributed by atoms with E-state index in [0.717, 1.165) is 23.3 Å². The highest BCUT2D eigenvalue weighted by atomic mass is 32.1. The first kappa shape index (κ1) is 16.7. The minimum atomic E-state index is -0.457. The van der Waals surface area contributed by atoms with Crippen LogP contribution in [0, 0.1) is 0 Å². The molecule has 24 heavy (non-hydrogen) atoms. The van der Waals surface area contributed by atoms with Crippen molar-refractivity contribution in [2.75, 3.05) is 0 Å². The number of amides is 2. The van der Waals surface area contributed by atoms with Crippen molar-refractivity contribution >= 4 is 23.2 Å². The number of primary amides is 1. The van der Waals surface area contributed by atoms with Crippen LogP contribution in [-0.2, 0) is 19.4 Å². The van der Waals surface area contributed by atoms with Crippen LogP contribution in [0.25, 0.3) is 0 Å². The first-order chi connectivity index (χ1) is 11.6. The molecule has 1 aromatic carbocycles. The molecule has 0 aliphatic heterocycles. The highest BCUT2D eigenvalue weighted by Crippen LogP contribution is 2.28. The number of benzene rings is 1. The third kappa shape index (κ3) is 4.03. The van der Waals surface area contributed by atoms with Crippen molar-refractivity contribution in [3.05, 3.63) is 56.8 Å². The number of fused-ring (bicyclic) bond motifs is 1. The Morgan fingerprint density at radius 1 is 1.08 bits per heavy atom. The number of aryl methyl sites for hydroxylation is 2. The number of nitrogens with one attached hydrogen (secondary N) is 1. The summed E-state index contributed by atoms with van der Waals surface area (Å²) in [5.41, 5.74) is 7.96. The van der Waals surface area contributed by atoms with E-state index in [9.17, 15) is 9.59 Å². The van der Waals surface area contributed by atoms with Crippen LogP contribution in [0.3, 0.4) is 0 Å². The zero-order valence-corrected chi connectivity index (χ0v) is 14.5. The molecule has 1 aromatic heterocycles. The van der Waals surface area contributed by atoms with Gasteiger partial charge in [0.15, 0.2) is 0 Å². The molecular weight excluding hydrogens is 320 g/mol. The van der Waals surface area contributed by atoms with Crippen molar-refractivity contribution in [3.63, 3.8) is 0 Å². The Morgan fingerprint density at radius 2 is 1.88 bits per heavy atom. The van der Waals surface area contributed by atoms with Crippen LogP contribution in [0.5, 0.6) is 0 Å². The molecule has 1 aliphatic rings. The molecule has 3 rings (SSSR count). The molecule has 0 saturated heterocycles. The lowest BCUT2D eigenvalue weighted by Crippen LogP contribution is -2.22. The van der Waals surface area contributed by atoms with E-state index in [1.54, 1.807) is 29.5 Å². The molecule has 0 radical (unpaired) electrons. The molecule has 0 saturated carbocycles. The average Bonchev–Trinajstić information content (AvgIpc) is 2.95. The summed E-state index contributed by atoms with van der Waals surface area (Å²) >= 11 is 1.62. The SMILES string of the molecule is NC(=O)c1cccc(CNC(=O)c2cc3c(s2)CCCCCC3)c1. The molecule has 0 spiro atoms. The van der Waals surface area contributed by atoms with E-state index in [1.807, 2.05) is 6.07 Å². The Hall–Kier alpha value is -2.14. The van der Waals surface area contributed by atoms with Crippen molar-refractivity contribution < 1.29 is 9.59 Å². The maximum absolute atomic E-state index is 12.4. The van der Waals surface area contributed by atoms with Gasteiger partial charge < -0.3 is 11.1 Å². The van der Waals surface area contributed by atoms with E-state index in [4.69, 9.17) is 5.73 Å².